The van der Waals surface area contributed by atoms with E-state index in [-0.39, 0.29) is 0 Å². The van der Waals surface area contributed by atoms with Gasteiger partial charge in [-0.2, -0.15) is 0 Å². The summed E-state index contributed by atoms with van der Waals surface area (Å²) in [5.74, 6) is 0.818. The Hall–Kier alpha value is -2.08. The Morgan fingerprint density at radius 2 is 1.96 bits per heavy atom. The summed E-state index contributed by atoms with van der Waals surface area (Å²) in [6.45, 7) is 10.5. The van der Waals surface area contributed by atoms with Gasteiger partial charge in [0.2, 0.25) is 0 Å². The predicted octanol–water partition coefficient (Wildman–Crippen LogP) is 3.39. The molecular weight excluding hydrogens is 330 g/mol. The smallest absolute Gasteiger partial charge is 0.191 e. The molecule has 0 fully saturated rings. The molecule has 6 heteroatoms. The number of hydrogen-bond acceptors (Lipinski definition) is 4. The van der Waals surface area contributed by atoms with E-state index in [1.54, 1.807) is 11.3 Å². The number of nitrogens with zero attached hydrogens (tertiary/aromatic N) is 3. The average molecular weight is 360 g/mol. The van der Waals surface area contributed by atoms with Crippen LogP contribution in [0.5, 0.6) is 0 Å². The first-order chi connectivity index (χ1) is 11.9. The maximum absolute atomic E-state index is 4.75. The molecule has 5 nitrogen and oxygen atoms in total. The molecule has 2 N–H and O–H groups in total. The predicted molar refractivity (Wildman–Crippen MR) is 109 cm³/mol. The van der Waals surface area contributed by atoms with Crippen molar-refractivity contribution in [3.05, 3.63) is 44.9 Å². The molecule has 0 unspecified atom stereocenters. The van der Waals surface area contributed by atoms with Gasteiger partial charge >= 0.3 is 0 Å². The van der Waals surface area contributed by atoms with Crippen molar-refractivity contribution < 1.29 is 0 Å². The molecule has 0 aliphatic heterocycles. The summed E-state index contributed by atoms with van der Waals surface area (Å²) in [5, 5.41) is 7.78. The van der Waals surface area contributed by atoms with Crippen molar-refractivity contribution in [1.82, 2.24) is 15.6 Å². The van der Waals surface area contributed by atoms with Crippen LogP contribution >= 0.6 is 11.3 Å². The zero-order valence-electron chi connectivity index (χ0n) is 16.1. The van der Waals surface area contributed by atoms with Gasteiger partial charge in [-0.05, 0) is 44.9 Å². The van der Waals surface area contributed by atoms with E-state index < -0.39 is 0 Å². The van der Waals surface area contributed by atoms with Gasteiger partial charge in [0.1, 0.15) is 5.01 Å². The number of anilines is 1. The molecule has 0 bridgehead atoms. The fraction of sp³-hybridized carbons (Fsp3) is 0.474. The van der Waals surface area contributed by atoms with Crippen LogP contribution in [0.2, 0.25) is 0 Å². The van der Waals surface area contributed by atoms with Crippen molar-refractivity contribution in [2.24, 2.45) is 4.99 Å². The SMILES string of the molecule is CCNC(=NCc1ccc(C)cc1N(C)C)NCc1nc(C)c(C)s1. The molecule has 0 amide bonds. The van der Waals surface area contributed by atoms with Crippen LogP contribution in [0.25, 0.3) is 0 Å². The van der Waals surface area contributed by atoms with Crippen molar-refractivity contribution in [1.29, 1.82) is 0 Å². The second kappa shape index (κ2) is 8.85. The number of guanidine groups is 1. The third-order valence-corrected chi connectivity index (χ3v) is 5.03. The molecule has 0 saturated heterocycles. The Balaban J connectivity index is 2.09. The monoisotopic (exact) mass is 359 g/mol. The molecule has 0 radical (unpaired) electrons. The molecule has 1 aromatic carbocycles. The highest BCUT2D eigenvalue weighted by atomic mass is 32.1. The molecule has 1 heterocycles. The normalized spacial score (nSPS) is 11.5. The Bertz CT molecular complexity index is 714. The number of aliphatic imine (C=N–C) groups is 1. The summed E-state index contributed by atoms with van der Waals surface area (Å²) in [6.07, 6.45) is 0. The Morgan fingerprint density at radius 1 is 1.20 bits per heavy atom. The Kier molecular flexibility index (Phi) is 6.82. The van der Waals surface area contributed by atoms with Gasteiger partial charge in [-0.25, -0.2) is 9.98 Å². The van der Waals surface area contributed by atoms with Crippen LogP contribution in [0, 0.1) is 20.8 Å². The molecule has 1 aromatic heterocycles. The van der Waals surface area contributed by atoms with Gasteiger partial charge < -0.3 is 15.5 Å². The summed E-state index contributed by atoms with van der Waals surface area (Å²) in [6, 6.07) is 6.50. The van der Waals surface area contributed by atoms with E-state index in [4.69, 9.17) is 4.99 Å². The van der Waals surface area contributed by atoms with E-state index in [2.05, 4.69) is 80.5 Å². The fourth-order valence-corrected chi connectivity index (χ4v) is 3.38. The van der Waals surface area contributed by atoms with Crippen molar-refractivity contribution >= 4 is 23.0 Å². The van der Waals surface area contributed by atoms with E-state index in [1.807, 2.05) is 0 Å². The quantitative estimate of drug-likeness (QED) is 0.613. The number of aryl methyl sites for hydroxylation is 3. The van der Waals surface area contributed by atoms with Crippen molar-refractivity contribution in [3.63, 3.8) is 0 Å². The van der Waals surface area contributed by atoms with Crippen LogP contribution in [0.4, 0.5) is 5.69 Å². The van der Waals surface area contributed by atoms with Crippen molar-refractivity contribution in [2.75, 3.05) is 25.5 Å². The molecule has 2 rings (SSSR count). The largest absolute Gasteiger partial charge is 0.377 e. The minimum atomic E-state index is 0.638. The van der Waals surface area contributed by atoms with Crippen LogP contribution < -0.4 is 15.5 Å². The first kappa shape index (κ1) is 19.2. The lowest BCUT2D eigenvalue weighted by molar-refractivity contribution is 0.809. The van der Waals surface area contributed by atoms with Gasteiger partial charge in [-0.15, -0.1) is 11.3 Å². The van der Waals surface area contributed by atoms with E-state index in [9.17, 15) is 0 Å². The highest BCUT2D eigenvalue weighted by molar-refractivity contribution is 7.11. The lowest BCUT2D eigenvalue weighted by atomic mass is 10.1. The third-order valence-electron chi connectivity index (χ3n) is 3.95. The minimum Gasteiger partial charge on any atom is -0.377 e. The average Bonchev–Trinajstić information content (AvgIpc) is 2.89. The lowest BCUT2D eigenvalue weighted by Crippen LogP contribution is -2.36. The number of rotatable bonds is 6. The first-order valence-corrected chi connectivity index (χ1v) is 9.44. The van der Waals surface area contributed by atoms with Gasteiger partial charge in [0, 0.05) is 31.2 Å². The Morgan fingerprint density at radius 3 is 2.56 bits per heavy atom. The molecule has 2 aromatic rings. The topological polar surface area (TPSA) is 52.6 Å². The summed E-state index contributed by atoms with van der Waals surface area (Å²) >= 11 is 1.73. The van der Waals surface area contributed by atoms with E-state index in [0.717, 1.165) is 23.2 Å². The van der Waals surface area contributed by atoms with Crippen molar-refractivity contribution in [3.8, 4) is 0 Å². The molecule has 136 valence electrons. The number of hydrogen-bond donors (Lipinski definition) is 2. The minimum absolute atomic E-state index is 0.638. The van der Waals surface area contributed by atoms with E-state index >= 15 is 0 Å². The summed E-state index contributed by atoms with van der Waals surface area (Å²) in [7, 11) is 4.14. The molecule has 0 spiro atoms. The zero-order chi connectivity index (χ0) is 18.4. The maximum Gasteiger partial charge on any atom is 0.191 e. The maximum atomic E-state index is 4.75. The number of thiazole rings is 1. The molecular formula is C19H29N5S. The second-order valence-electron chi connectivity index (χ2n) is 6.32. The third kappa shape index (κ3) is 5.46. The van der Waals surface area contributed by atoms with E-state index in [0.29, 0.717) is 13.1 Å². The summed E-state index contributed by atoms with van der Waals surface area (Å²) in [5.41, 5.74) is 4.80. The zero-order valence-corrected chi connectivity index (χ0v) is 16.9. The van der Waals surface area contributed by atoms with Gasteiger partial charge in [0.25, 0.3) is 0 Å². The lowest BCUT2D eigenvalue weighted by Gasteiger charge is -2.18. The van der Waals surface area contributed by atoms with Crippen LogP contribution in [-0.2, 0) is 13.1 Å². The molecule has 25 heavy (non-hydrogen) atoms. The molecule has 0 atom stereocenters. The van der Waals surface area contributed by atoms with Gasteiger partial charge in [0.05, 0.1) is 18.8 Å². The van der Waals surface area contributed by atoms with Crippen LogP contribution in [0.3, 0.4) is 0 Å². The second-order valence-corrected chi connectivity index (χ2v) is 7.61. The van der Waals surface area contributed by atoms with Crippen molar-refractivity contribution in [2.45, 2.75) is 40.8 Å². The standard InChI is InChI=1S/C19H29N5S/c1-7-20-19(22-12-18-23-14(3)15(4)25-18)21-11-16-9-8-13(2)10-17(16)24(5)6/h8-10H,7,11-12H2,1-6H3,(H2,20,21,22). The first-order valence-electron chi connectivity index (χ1n) is 8.62. The highest BCUT2D eigenvalue weighted by Gasteiger charge is 2.07. The number of aromatic nitrogens is 1. The summed E-state index contributed by atoms with van der Waals surface area (Å²) in [4.78, 5) is 12.7. The van der Waals surface area contributed by atoms with E-state index in [1.165, 1.54) is 21.7 Å². The van der Waals surface area contributed by atoms with Crippen LogP contribution in [-0.4, -0.2) is 31.6 Å². The highest BCUT2D eigenvalue weighted by Crippen LogP contribution is 2.21. The van der Waals surface area contributed by atoms with Gasteiger partial charge in [-0.1, -0.05) is 12.1 Å². The van der Waals surface area contributed by atoms with Crippen LogP contribution in [0.1, 0.15) is 33.6 Å². The summed E-state index contributed by atoms with van der Waals surface area (Å²) < 4.78 is 0. The molecule has 0 aliphatic rings. The number of nitrogens with one attached hydrogen (secondary N) is 2. The van der Waals surface area contributed by atoms with Gasteiger partial charge in [-0.3, -0.25) is 0 Å². The fourth-order valence-electron chi connectivity index (χ4n) is 2.50. The number of benzene rings is 1. The van der Waals surface area contributed by atoms with Crippen LogP contribution in [0.15, 0.2) is 23.2 Å². The Labute approximate surface area is 155 Å². The van der Waals surface area contributed by atoms with Gasteiger partial charge in [0.15, 0.2) is 5.96 Å². The molecule has 0 aliphatic carbocycles. The molecule has 0 saturated carbocycles.